The van der Waals surface area contributed by atoms with Crippen LogP contribution in [0, 0.1) is 11.3 Å². The average molecular weight is 287 g/mol. The summed E-state index contributed by atoms with van der Waals surface area (Å²) in [6.07, 6.45) is 8.23. The lowest BCUT2D eigenvalue weighted by Crippen LogP contribution is -2.41. The minimum absolute atomic E-state index is 0.296. The largest absolute Gasteiger partial charge is 0.388 e. The van der Waals surface area contributed by atoms with Crippen LogP contribution in [0.15, 0.2) is 30.3 Å². The van der Waals surface area contributed by atoms with Gasteiger partial charge in [0.15, 0.2) is 0 Å². The molecule has 2 nitrogen and oxygen atoms in total. The first-order valence-electron chi connectivity index (χ1n) is 8.64. The summed E-state index contributed by atoms with van der Waals surface area (Å²) in [6.45, 7) is 5.65. The number of aliphatic hydroxyl groups is 1. The fourth-order valence-corrected chi connectivity index (χ4v) is 4.32. The number of likely N-dealkylation sites (tertiary alicyclic amines) is 1. The van der Waals surface area contributed by atoms with Crippen LogP contribution in [-0.4, -0.2) is 29.6 Å². The lowest BCUT2D eigenvalue weighted by molar-refractivity contribution is 0.0552. The van der Waals surface area contributed by atoms with Crippen LogP contribution in [0.1, 0.15) is 57.1 Å². The molecule has 1 N–H and O–H groups in total. The van der Waals surface area contributed by atoms with Gasteiger partial charge in [-0.1, -0.05) is 50.1 Å². The smallest absolute Gasteiger partial charge is 0.0827 e. The van der Waals surface area contributed by atoms with E-state index in [-0.39, 0.29) is 6.10 Å². The van der Waals surface area contributed by atoms with Crippen LogP contribution in [-0.2, 0) is 0 Å². The molecule has 21 heavy (non-hydrogen) atoms. The Morgan fingerprint density at radius 3 is 2.29 bits per heavy atom. The summed E-state index contributed by atoms with van der Waals surface area (Å²) < 4.78 is 0. The molecule has 1 aromatic carbocycles. The van der Waals surface area contributed by atoms with Gasteiger partial charge in [-0.05, 0) is 55.7 Å². The van der Waals surface area contributed by atoms with Gasteiger partial charge in [-0.15, -0.1) is 0 Å². The van der Waals surface area contributed by atoms with Gasteiger partial charge in [0.1, 0.15) is 0 Å². The number of hydrogen-bond donors (Lipinski definition) is 1. The van der Waals surface area contributed by atoms with Crippen molar-refractivity contribution in [2.75, 3.05) is 19.6 Å². The van der Waals surface area contributed by atoms with Crippen molar-refractivity contribution >= 4 is 0 Å². The van der Waals surface area contributed by atoms with Gasteiger partial charge in [0, 0.05) is 6.54 Å². The fourth-order valence-electron chi connectivity index (χ4n) is 4.32. The summed E-state index contributed by atoms with van der Waals surface area (Å²) in [4.78, 5) is 2.57. The molecule has 2 atom stereocenters. The molecule has 2 fully saturated rings. The minimum atomic E-state index is -0.339. The topological polar surface area (TPSA) is 23.5 Å². The molecule has 1 aromatic rings. The van der Waals surface area contributed by atoms with Crippen LogP contribution in [0.4, 0.5) is 0 Å². The average Bonchev–Trinajstić information content (AvgIpc) is 2.98. The molecule has 1 spiro atoms. The molecule has 116 valence electrons. The maximum atomic E-state index is 10.5. The van der Waals surface area contributed by atoms with E-state index < -0.39 is 0 Å². The Hall–Kier alpha value is -0.860. The zero-order chi connectivity index (χ0) is 14.7. The van der Waals surface area contributed by atoms with Crippen LogP contribution in [0.5, 0.6) is 0 Å². The van der Waals surface area contributed by atoms with E-state index in [1.54, 1.807) is 0 Å². The molecule has 2 aliphatic rings. The number of benzene rings is 1. The van der Waals surface area contributed by atoms with Crippen LogP contribution >= 0.6 is 0 Å². The molecule has 3 rings (SSSR count). The van der Waals surface area contributed by atoms with Crippen molar-refractivity contribution in [3.8, 4) is 0 Å². The van der Waals surface area contributed by atoms with E-state index in [0.717, 1.165) is 12.1 Å². The summed E-state index contributed by atoms with van der Waals surface area (Å²) in [5.74, 6) is 0.296. The molecule has 1 saturated heterocycles. The summed E-state index contributed by atoms with van der Waals surface area (Å²) in [5.41, 5.74) is 1.74. The highest BCUT2D eigenvalue weighted by atomic mass is 16.3. The first kappa shape index (κ1) is 15.1. The third kappa shape index (κ3) is 3.49. The fraction of sp³-hybridized carbons (Fsp3) is 0.684. The predicted molar refractivity (Wildman–Crippen MR) is 87.1 cm³/mol. The van der Waals surface area contributed by atoms with Crippen molar-refractivity contribution in [1.29, 1.82) is 0 Å². The van der Waals surface area contributed by atoms with Crippen molar-refractivity contribution in [3.63, 3.8) is 0 Å². The number of aliphatic hydroxyl groups excluding tert-OH is 1. The third-order valence-corrected chi connectivity index (χ3v) is 5.81. The second-order valence-electron chi connectivity index (χ2n) is 7.34. The van der Waals surface area contributed by atoms with Gasteiger partial charge in [-0.25, -0.2) is 0 Å². The predicted octanol–water partition coefficient (Wildman–Crippen LogP) is 4.01. The molecule has 2 heteroatoms. The van der Waals surface area contributed by atoms with Crippen molar-refractivity contribution in [1.82, 2.24) is 4.90 Å². The summed E-state index contributed by atoms with van der Waals surface area (Å²) in [6, 6.07) is 10.1. The highest BCUT2D eigenvalue weighted by Gasteiger charge is 2.37. The third-order valence-electron chi connectivity index (χ3n) is 5.81. The van der Waals surface area contributed by atoms with E-state index in [1.165, 1.54) is 51.6 Å². The Morgan fingerprint density at radius 2 is 1.67 bits per heavy atom. The molecule has 2 unspecified atom stereocenters. The maximum Gasteiger partial charge on any atom is 0.0827 e. The number of piperidine rings is 1. The second kappa shape index (κ2) is 6.50. The number of rotatable bonds is 4. The Kier molecular flexibility index (Phi) is 4.66. The van der Waals surface area contributed by atoms with Crippen molar-refractivity contribution in [3.05, 3.63) is 35.9 Å². The Bertz CT molecular complexity index is 428. The van der Waals surface area contributed by atoms with E-state index in [4.69, 9.17) is 0 Å². The molecule has 1 saturated carbocycles. The number of nitrogens with zero attached hydrogens (tertiary/aromatic N) is 1. The van der Waals surface area contributed by atoms with Crippen molar-refractivity contribution in [2.24, 2.45) is 11.3 Å². The molecule has 1 heterocycles. The van der Waals surface area contributed by atoms with E-state index in [2.05, 4.69) is 11.8 Å². The minimum Gasteiger partial charge on any atom is -0.388 e. The molecule has 1 aliphatic heterocycles. The van der Waals surface area contributed by atoms with E-state index in [0.29, 0.717) is 11.3 Å². The van der Waals surface area contributed by atoms with Crippen LogP contribution in [0.3, 0.4) is 0 Å². The maximum absolute atomic E-state index is 10.5. The SMILES string of the molecule is CC(CN1CCC2(CCCC2)CC1)C(O)c1ccccc1. The van der Waals surface area contributed by atoms with E-state index >= 15 is 0 Å². The standard InChI is InChI=1S/C19H29NO/c1-16(18(21)17-7-3-2-4-8-17)15-20-13-11-19(12-14-20)9-5-6-10-19/h2-4,7-8,16,18,21H,5-6,9-15H2,1H3. The summed E-state index contributed by atoms with van der Waals surface area (Å²) >= 11 is 0. The van der Waals surface area contributed by atoms with Crippen molar-refractivity contribution in [2.45, 2.75) is 51.6 Å². The highest BCUT2D eigenvalue weighted by Crippen LogP contribution is 2.46. The van der Waals surface area contributed by atoms with Gasteiger partial charge in [-0.2, -0.15) is 0 Å². The molecule has 0 bridgehead atoms. The van der Waals surface area contributed by atoms with Gasteiger partial charge in [0.25, 0.3) is 0 Å². The quantitative estimate of drug-likeness (QED) is 0.904. The van der Waals surface area contributed by atoms with Crippen LogP contribution in [0.25, 0.3) is 0 Å². The molecule has 1 aliphatic carbocycles. The first-order valence-corrected chi connectivity index (χ1v) is 8.64. The van der Waals surface area contributed by atoms with E-state index in [9.17, 15) is 5.11 Å². The zero-order valence-corrected chi connectivity index (χ0v) is 13.3. The van der Waals surface area contributed by atoms with Crippen molar-refractivity contribution < 1.29 is 5.11 Å². The van der Waals surface area contributed by atoms with Gasteiger partial charge in [0.05, 0.1) is 6.10 Å². The normalized spacial score (nSPS) is 25.0. The summed E-state index contributed by atoms with van der Waals surface area (Å²) in [7, 11) is 0. The lowest BCUT2D eigenvalue weighted by Gasteiger charge is -2.40. The monoisotopic (exact) mass is 287 g/mol. The van der Waals surface area contributed by atoms with Crippen LogP contribution < -0.4 is 0 Å². The lowest BCUT2D eigenvalue weighted by atomic mass is 9.77. The highest BCUT2D eigenvalue weighted by molar-refractivity contribution is 5.17. The van der Waals surface area contributed by atoms with Gasteiger partial charge >= 0.3 is 0 Å². The first-order chi connectivity index (χ1) is 10.2. The van der Waals surface area contributed by atoms with E-state index in [1.807, 2.05) is 30.3 Å². The van der Waals surface area contributed by atoms with Gasteiger partial charge < -0.3 is 10.0 Å². The van der Waals surface area contributed by atoms with Crippen LogP contribution in [0.2, 0.25) is 0 Å². The van der Waals surface area contributed by atoms with Gasteiger partial charge in [-0.3, -0.25) is 0 Å². The molecule has 0 radical (unpaired) electrons. The summed E-state index contributed by atoms with van der Waals surface area (Å²) in [5, 5.41) is 10.5. The Labute approximate surface area is 129 Å². The molecule has 0 amide bonds. The molecular weight excluding hydrogens is 258 g/mol. The second-order valence-corrected chi connectivity index (χ2v) is 7.34. The number of hydrogen-bond acceptors (Lipinski definition) is 2. The Balaban J connectivity index is 1.50. The molecule has 0 aromatic heterocycles. The Morgan fingerprint density at radius 1 is 1.05 bits per heavy atom. The van der Waals surface area contributed by atoms with Gasteiger partial charge in [0.2, 0.25) is 0 Å². The zero-order valence-electron chi connectivity index (χ0n) is 13.3. The molecular formula is C19H29NO.